The Balaban J connectivity index is 1.09. The lowest BCUT2D eigenvalue weighted by Crippen LogP contribution is -2.56. The van der Waals surface area contributed by atoms with Crippen LogP contribution in [0.4, 0.5) is 0 Å². The molecule has 0 aliphatic carbocycles. The first-order valence-electron chi connectivity index (χ1n) is 18.3. The summed E-state index contributed by atoms with van der Waals surface area (Å²) in [7, 11) is 4.76. The average Bonchev–Trinajstić information content (AvgIpc) is 3.07. The van der Waals surface area contributed by atoms with E-state index < -0.39 is 10.8 Å². The molecule has 0 radical (unpaired) electrons. The lowest BCUT2D eigenvalue weighted by Gasteiger charge is -2.45. The van der Waals surface area contributed by atoms with Gasteiger partial charge in [-0.05, 0) is 50.7 Å². The van der Waals surface area contributed by atoms with Crippen LogP contribution >= 0.6 is 0 Å². The maximum atomic E-state index is 13.1. The molecule has 0 amide bonds. The number of hydrogen-bond donors (Lipinski definition) is 0. The maximum absolute atomic E-state index is 13.1. The van der Waals surface area contributed by atoms with Crippen LogP contribution in [0.2, 0.25) is 0 Å². The molecule has 2 aromatic rings. The number of rotatable bonds is 17. The molecule has 0 unspecified atom stereocenters. The Morgan fingerprint density at radius 1 is 0.543 bits per heavy atom. The van der Waals surface area contributed by atoms with Crippen molar-refractivity contribution in [2.75, 3.05) is 66.6 Å². The van der Waals surface area contributed by atoms with Crippen molar-refractivity contribution in [3.63, 3.8) is 0 Å². The number of benzene rings is 2. The molecule has 6 heteroatoms. The van der Waals surface area contributed by atoms with E-state index in [1.807, 2.05) is 50.2 Å². The van der Waals surface area contributed by atoms with Crippen molar-refractivity contribution in [3.8, 4) is 0 Å². The zero-order valence-electron chi connectivity index (χ0n) is 29.4. The Bertz CT molecular complexity index is 1100. The van der Waals surface area contributed by atoms with Crippen LogP contribution < -0.4 is 0 Å². The monoisotopic (exact) mass is 634 g/mol. The molecule has 2 fully saturated rings. The van der Waals surface area contributed by atoms with Gasteiger partial charge >= 0.3 is 11.9 Å². The van der Waals surface area contributed by atoms with E-state index in [1.54, 1.807) is 0 Å². The molecule has 0 atom stereocenters. The fraction of sp³-hybridized carbons (Fsp3) is 0.650. The van der Waals surface area contributed by atoms with E-state index in [4.69, 9.17) is 9.47 Å². The van der Waals surface area contributed by atoms with E-state index in [-0.39, 0.29) is 11.9 Å². The molecular weight excluding hydrogens is 572 g/mol. The molecule has 0 bridgehead atoms. The number of likely N-dealkylation sites (tertiary alicyclic amines) is 2. The SMILES string of the molecule is CCOC(=O)C1(c2ccccc2)CC[N+](C)(CCCCCCCCCC[N+]2(C)CCC(C(=O)OCC)(c3ccccc3)CC2)CC1. The zero-order valence-corrected chi connectivity index (χ0v) is 29.4. The van der Waals surface area contributed by atoms with Crippen molar-refractivity contribution in [1.82, 2.24) is 0 Å². The number of carbonyl (C=O) groups excluding carboxylic acids is 2. The quantitative estimate of drug-likeness (QED) is 0.102. The lowest BCUT2D eigenvalue weighted by atomic mass is 9.72. The number of esters is 2. The molecule has 2 aromatic carbocycles. The Morgan fingerprint density at radius 3 is 1.15 bits per heavy atom. The van der Waals surface area contributed by atoms with Gasteiger partial charge in [0.1, 0.15) is 10.8 Å². The largest absolute Gasteiger partial charge is 0.465 e. The Hall–Kier alpha value is -2.70. The number of piperidine rings is 2. The van der Waals surface area contributed by atoms with Gasteiger partial charge in [-0.2, -0.15) is 0 Å². The predicted octanol–water partition coefficient (Wildman–Crippen LogP) is 7.59. The van der Waals surface area contributed by atoms with Crippen molar-refractivity contribution in [1.29, 1.82) is 0 Å². The minimum absolute atomic E-state index is 0.0432. The number of quaternary nitrogens is 2. The summed E-state index contributed by atoms with van der Waals surface area (Å²) in [6, 6.07) is 20.6. The second-order valence-electron chi connectivity index (χ2n) is 14.7. The summed E-state index contributed by atoms with van der Waals surface area (Å²) >= 11 is 0. The van der Waals surface area contributed by atoms with Crippen molar-refractivity contribution in [2.24, 2.45) is 0 Å². The van der Waals surface area contributed by atoms with E-state index >= 15 is 0 Å². The second kappa shape index (κ2) is 16.9. The van der Waals surface area contributed by atoms with E-state index in [1.165, 1.54) is 64.5 Å². The smallest absolute Gasteiger partial charge is 0.317 e. The molecular formula is C40H62N2O4+2. The van der Waals surface area contributed by atoms with Gasteiger partial charge in [-0.15, -0.1) is 0 Å². The second-order valence-corrected chi connectivity index (χ2v) is 14.7. The fourth-order valence-electron chi connectivity index (χ4n) is 8.09. The molecule has 2 aliphatic rings. The molecule has 6 nitrogen and oxygen atoms in total. The van der Waals surface area contributed by atoms with Gasteiger partial charge in [-0.1, -0.05) is 86.3 Å². The fourth-order valence-corrected chi connectivity index (χ4v) is 8.09. The Labute approximate surface area is 279 Å². The minimum Gasteiger partial charge on any atom is -0.465 e. The van der Waals surface area contributed by atoms with Crippen LogP contribution in [0.3, 0.4) is 0 Å². The molecule has 2 saturated heterocycles. The Morgan fingerprint density at radius 2 is 0.848 bits per heavy atom. The molecule has 0 spiro atoms. The third kappa shape index (κ3) is 9.01. The molecule has 0 N–H and O–H groups in total. The summed E-state index contributed by atoms with van der Waals surface area (Å²) < 4.78 is 13.3. The third-order valence-electron chi connectivity index (χ3n) is 11.4. The van der Waals surface area contributed by atoms with E-state index in [9.17, 15) is 9.59 Å². The summed E-state index contributed by atoms with van der Waals surface area (Å²) in [6.07, 6.45) is 13.9. The standard InChI is InChI=1S/C40H62N2O4/c1-5-45-37(43)39(35-21-15-13-16-22-35)25-31-41(3,32-26-39)29-19-11-9-7-8-10-12-20-30-42(4)33-27-40(28-34-42,38(44)46-6-2)36-23-17-14-18-24-36/h13-18,21-24H,5-12,19-20,25-34H2,1-4H3/q+2. The summed E-state index contributed by atoms with van der Waals surface area (Å²) in [6.45, 7) is 11.2. The highest BCUT2D eigenvalue weighted by Gasteiger charge is 2.49. The first kappa shape index (κ1) is 36.1. The molecule has 0 saturated carbocycles. The first-order valence-corrected chi connectivity index (χ1v) is 18.3. The van der Waals surface area contributed by atoms with Crippen LogP contribution in [0, 0.1) is 0 Å². The summed E-state index contributed by atoms with van der Waals surface area (Å²) in [5, 5.41) is 0. The molecule has 254 valence electrons. The van der Waals surface area contributed by atoms with Gasteiger partial charge in [-0.25, -0.2) is 0 Å². The number of ether oxygens (including phenoxy) is 2. The molecule has 46 heavy (non-hydrogen) atoms. The predicted molar refractivity (Wildman–Crippen MR) is 186 cm³/mol. The third-order valence-corrected chi connectivity index (χ3v) is 11.4. The summed E-state index contributed by atoms with van der Waals surface area (Å²) in [5.41, 5.74) is 1.26. The normalized spacial score (nSPS) is 28.0. The highest BCUT2D eigenvalue weighted by Crippen LogP contribution is 2.40. The Kier molecular flexibility index (Phi) is 13.3. The number of unbranched alkanes of at least 4 members (excludes halogenated alkanes) is 7. The highest BCUT2D eigenvalue weighted by molar-refractivity contribution is 5.84. The van der Waals surface area contributed by atoms with Gasteiger partial charge < -0.3 is 18.4 Å². The van der Waals surface area contributed by atoms with Crippen LogP contribution in [0.5, 0.6) is 0 Å². The van der Waals surface area contributed by atoms with Crippen LogP contribution in [0.25, 0.3) is 0 Å². The van der Waals surface area contributed by atoms with Gasteiger partial charge in [0.25, 0.3) is 0 Å². The highest BCUT2D eigenvalue weighted by atomic mass is 16.5. The summed E-state index contributed by atoms with van der Waals surface area (Å²) in [4.78, 5) is 26.2. The van der Waals surface area contributed by atoms with Crippen molar-refractivity contribution in [2.45, 2.75) is 102 Å². The zero-order chi connectivity index (χ0) is 32.9. The topological polar surface area (TPSA) is 52.6 Å². The van der Waals surface area contributed by atoms with Crippen molar-refractivity contribution in [3.05, 3.63) is 71.8 Å². The molecule has 2 heterocycles. The van der Waals surface area contributed by atoms with Crippen molar-refractivity contribution < 1.29 is 28.0 Å². The lowest BCUT2D eigenvalue weighted by molar-refractivity contribution is -0.915. The van der Waals surface area contributed by atoms with Gasteiger partial charge in [0.05, 0.1) is 66.6 Å². The van der Waals surface area contributed by atoms with Crippen LogP contribution in [-0.2, 0) is 29.9 Å². The van der Waals surface area contributed by atoms with Crippen LogP contribution in [0.15, 0.2) is 60.7 Å². The van der Waals surface area contributed by atoms with Gasteiger partial charge in [0.2, 0.25) is 0 Å². The number of carbonyl (C=O) groups is 2. The average molecular weight is 635 g/mol. The van der Waals surface area contributed by atoms with E-state index in [0.717, 1.165) is 72.0 Å². The minimum atomic E-state index is -0.488. The van der Waals surface area contributed by atoms with Crippen LogP contribution in [0.1, 0.15) is 102 Å². The van der Waals surface area contributed by atoms with Gasteiger partial charge in [-0.3, -0.25) is 9.59 Å². The number of hydrogen-bond acceptors (Lipinski definition) is 4. The summed E-state index contributed by atoms with van der Waals surface area (Å²) in [5.74, 6) is -0.0864. The van der Waals surface area contributed by atoms with Gasteiger partial charge in [0.15, 0.2) is 0 Å². The van der Waals surface area contributed by atoms with E-state index in [0.29, 0.717) is 13.2 Å². The number of nitrogens with zero attached hydrogens (tertiary/aromatic N) is 2. The van der Waals surface area contributed by atoms with E-state index in [2.05, 4.69) is 38.4 Å². The van der Waals surface area contributed by atoms with Crippen molar-refractivity contribution >= 4 is 11.9 Å². The molecule has 0 aromatic heterocycles. The molecule has 2 aliphatic heterocycles. The maximum Gasteiger partial charge on any atom is 0.317 e. The van der Waals surface area contributed by atoms with Gasteiger partial charge in [0, 0.05) is 25.7 Å². The molecule has 4 rings (SSSR count). The van der Waals surface area contributed by atoms with Crippen LogP contribution in [-0.4, -0.2) is 87.5 Å². The first-order chi connectivity index (χ1) is 22.2.